The third-order valence-corrected chi connectivity index (χ3v) is 8.45. The highest BCUT2D eigenvalue weighted by atomic mass is 16.1. The van der Waals surface area contributed by atoms with Gasteiger partial charge in [0.15, 0.2) is 5.78 Å². The lowest BCUT2D eigenvalue weighted by atomic mass is 9.48. The maximum absolute atomic E-state index is 11.9. The summed E-state index contributed by atoms with van der Waals surface area (Å²) in [4.78, 5) is 11.9. The summed E-state index contributed by atoms with van der Waals surface area (Å²) >= 11 is 0. The molecule has 0 spiro atoms. The minimum Gasteiger partial charge on any atom is -0.320 e. The summed E-state index contributed by atoms with van der Waals surface area (Å²) in [5.41, 5.74) is 2.11. The molecule has 0 heterocycles. The van der Waals surface area contributed by atoms with Gasteiger partial charge >= 0.3 is 0 Å². The Hall–Kier alpha value is -0.890. The predicted octanol–water partition coefficient (Wildman–Crippen LogP) is 4.52. The quantitative estimate of drug-likeness (QED) is 0.826. The fraction of sp³-hybridized carbons (Fsp3) is 0.773. The van der Waals surface area contributed by atoms with Gasteiger partial charge in [0.2, 0.25) is 0 Å². The van der Waals surface area contributed by atoms with E-state index in [1.807, 2.05) is 6.08 Å². The standard InChI is InChI=1S/C22H33NO/c1-21-12-9-20-18(19(21)7-5-15(21)10-13-23-3)6-4-16-14-17(24)8-11-22(16,20)2/h4,6,14-15,18-20,23H,5,7-13H2,1-3H3. The molecule has 2 saturated carbocycles. The van der Waals surface area contributed by atoms with Crippen LogP contribution >= 0.6 is 0 Å². The van der Waals surface area contributed by atoms with Crippen LogP contribution in [-0.4, -0.2) is 19.4 Å². The number of ketones is 1. The number of carbonyl (C=O) groups is 1. The summed E-state index contributed by atoms with van der Waals surface area (Å²) in [6.07, 6.45) is 15.5. The molecule has 0 saturated heterocycles. The van der Waals surface area contributed by atoms with Crippen LogP contribution in [0.25, 0.3) is 0 Å². The van der Waals surface area contributed by atoms with Crippen molar-refractivity contribution in [3.63, 3.8) is 0 Å². The van der Waals surface area contributed by atoms with E-state index in [1.54, 1.807) is 0 Å². The fourth-order valence-electron chi connectivity index (χ4n) is 6.90. The third-order valence-electron chi connectivity index (χ3n) is 8.45. The van der Waals surface area contributed by atoms with Crippen molar-refractivity contribution in [1.29, 1.82) is 0 Å². The van der Waals surface area contributed by atoms with Crippen molar-refractivity contribution in [2.75, 3.05) is 13.6 Å². The molecule has 2 fully saturated rings. The molecule has 0 aliphatic heterocycles. The number of nitrogens with one attached hydrogen (secondary N) is 1. The highest BCUT2D eigenvalue weighted by Crippen LogP contribution is 2.65. The van der Waals surface area contributed by atoms with E-state index in [0.29, 0.717) is 11.2 Å². The van der Waals surface area contributed by atoms with Crippen molar-refractivity contribution < 1.29 is 4.79 Å². The maximum Gasteiger partial charge on any atom is 0.156 e. The molecule has 0 aromatic rings. The van der Waals surface area contributed by atoms with Crippen LogP contribution in [0.15, 0.2) is 23.8 Å². The highest BCUT2D eigenvalue weighted by molar-refractivity contribution is 5.92. The Kier molecular flexibility index (Phi) is 4.03. The number of fused-ring (bicyclic) bond motifs is 5. The molecular weight excluding hydrogens is 294 g/mol. The lowest BCUT2D eigenvalue weighted by Gasteiger charge is -2.56. The van der Waals surface area contributed by atoms with Crippen LogP contribution in [0.3, 0.4) is 0 Å². The van der Waals surface area contributed by atoms with Gasteiger partial charge in [-0.05, 0) is 98.3 Å². The number of rotatable bonds is 3. The van der Waals surface area contributed by atoms with Gasteiger partial charge in [-0.15, -0.1) is 0 Å². The molecule has 4 aliphatic rings. The number of carbonyl (C=O) groups excluding carboxylic acids is 1. The lowest BCUT2D eigenvalue weighted by molar-refractivity contribution is -0.116. The fourth-order valence-corrected chi connectivity index (χ4v) is 6.90. The molecule has 0 radical (unpaired) electrons. The zero-order chi connectivity index (χ0) is 16.9. The summed E-state index contributed by atoms with van der Waals surface area (Å²) in [6, 6.07) is 0. The molecule has 2 nitrogen and oxygen atoms in total. The first-order chi connectivity index (χ1) is 11.5. The largest absolute Gasteiger partial charge is 0.320 e. The SMILES string of the molecule is CNCCC1CCC2C3C=CC4=CC(=O)CCC4(C)C3CCC12C. The first-order valence-electron chi connectivity index (χ1n) is 10.1. The molecule has 4 rings (SSSR count). The van der Waals surface area contributed by atoms with Crippen molar-refractivity contribution in [3.05, 3.63) is 23.8 Å². The van der Waals surface area contributed by atoms with Crippen LogP contribution in [0, 0.1) is 34.5 Å². The average Bonchev–Trinajstić information content (AvgIpc) is 2.90. The van der Waals surface area contributed by atoms with Crippen LogP contribution in [-0.2, 0) is 4.79 Å². The topological polar surface area (TPSA) is 29.1 Å². The van der Waals surface area contributed by atoms with Crippen molar-refractivity contribution in [3.8, 4) is 0 Å². The molecule has 4 aliphatic carbocycles. The maximum atomic E-state index is 11.9. The van der Waals surface area contributed by atoms with E-state index in [-0.39, 0.29) is 5.41 Å². The molecule has 0 amide bonds. The molecular formula is C22H33NO. The molecule has 0 aromatic carbocycles. The lowest BCUT2D eigenvalue weighted by Crippen LogP contribution is -2.49. The summed E-state index contributed by atoms with van der Waals surface area (Å²) in [5, 5.41) is 3.36. The zero-order valence-electron chi connectivity index (χ0n) is 15.6. The smallest absolute Gasteiger partial charge is 0.156 e. The van der Waals surface area contributed by atoms with E-state index in [4.69, 9.17) is 0 Å². The Labute approximate surface area is 147 Å². The molecule has 1 N–H and O–H groups in total. The number of hydrogen-bond donors (Lipinski definition) is 1. The monoisotopic (exact) mass is 327 g/mol. The zero-order valence-corrected chi connectivity index (χ0v) is 15.6. The summed E-state index contributed by atoms with van der Waals surface area (Å²) in [7, 11) is 2.08. The van der Waals surface area contributed by atoms with Gasteiger partial charge < -0.3 is 5.32 Å². The minimum absolute atomic E-state index is 0.248. The van der Waals surface area contributed by atoms with Gasteiger partial charge in [0.1, 0.15) is 0 Å². The molecule has 132 valence electrons. The first kappa shape index (κ1) is 16.6. The first-order valence-corrected chi connectivity index (χ1v) is 10.1. The molecule has 0 bridgehead atoms. The minimum atomic E-state index is 0.248. The Bertz CT molecular complexity index is 591. The normalized spacial score (nSPS) is 47.0. The van der Waals surface area contributed by atoms with Crippen LogP contribution in [0.2, 0.25) is 0 Å². The van der Waals surface area contributed by atoms with Gasteiger partial charge in [-0.1, -0.05) is 26.0 Å². The molecule has 6 atom stereocenters. The van der Waals surface area contributed by atoms with Gasteiger partial charge in [-0.3, -0.25) is 4.79 Å². The van der Waals surface area contributed by atoms with Gasteiger partial charge in [-0.25, -0.2) is 0 Å². The highest BCUT2D eigenvalue weighted by Gasteiger charge is 2.57. The van der Waals surface area contributed by atoms with E-state index in [2.05, 4.69) is 38.4 Å². The van der Waals surface area contributed by atoms with Gasteiger partial charge in [0.05, 0.1) is 0 Å². The molecule has 2 heteroatoms. The van der Waals surface area contributed by atoms with Gasteiger partial charge in [-0.2, -0.15) is 0 Å². The Balaban J connectivity index is 1.64. The Morgan fingerprint density at radius 3 is 2.79 bits per heavy atom. The van der Waals surface area contributed by atoms with Crippen LogP contribution in [0.4, 0.5) is 0 Å². The summed E-state index contributed by atoms with van der Waals surface area (Å²) in [5.74, 6) is 3.56. The van der Waals surface area contributed by atoms with Gasteiger partial charge in [0.25, 0.3) is 0 Å². The second kappa shape index (κ2) is 5.83. The molecule has 6 unspecified atom stereocenters. The van der Waals surface area contributed by atoms with Crippen LogP contribution < -0.4 is 5.32 Å². The number of allylic oxidation sites excluding steroid dienone is 4. The van der Waals surface area contributed by atoms with Crippen molar-refractivity contribution in [2.24, 2.45) is 34.5 Å². The van der Waals surface area contributed by atoms with Crippen molar-refractivity contribution >= 4 is 5.78 Å². The van der Waals surface area contributed by atoms with Gasteiger partial charge in [0, 0.05) is 6.42 Å². The summed E-state index contributed by atoms with van der Waals surface area (Å²) < 4.78 is 0. The van der Waals surface area contributed by atoms with E-state index in [0.717, 1.165) is 43.1 Å². The van der Waals surface area contributed by atoms with E-state index < -0.39 is 0 Å². The van der Waals surface area contributed by atoms with E-state index in [1.165, 1.54) is 37.7 Å². The Morgan fingerprint density at radius 1 is 1.17 bits per heavy atom. The number of hydrogen-bond acceptors (Lipinski definition) is 2. The van der Waals surface area contributed by atoms with Crippen molar-refractivity contribution in [2.45, 2.75) is 58.8 Å². The van der Waals surface area contributed by atoms with E-state index in [9.17, 15) is 4.79 Å². The molecule has 24 heavy (non-hydrogen) atoms. The second-order valence-electron chi connectivity index (χ2n) is 9.34. The average molecular weight is 328 g/mol. The van der Waals surface area contributed by atoms with E-state index >= 15 is 0 Å². The van der Waals surface area contributed by atoms with Crippen molar-refractivity contribution in [1.82, 2.24) is 5.32 Å². The second-order valence-corrected chi connectivity index (χ2v) is 9.34. The third kappa shape index (κ3) is 2.29. The Morgan fingerprint density at radius 2 is 2.00 bits per heavy atom. The predicted molar refractivity (Wildman–Crippen MR) is 98.6 cm³/mol. The van der Waals surface area contributed by atoms with Crippen LogP contribution in [0.5, 0.6) is 0 Å². The summed E-state index contributed by atoms with van der Waals surface area (Å²) in [6.45, 7) is 6.19. The van der Waals surface area contributed by atoms with Crippen LogP contribution in [0.1, 0.15) is 58.8 Å². The molecule has 0 aromatic heterocycles.